The third-order valence-corrected chi connectivity index (χ3v) is 5.62. The first-order valence-electron chi connectivity index (χ1n) is 11.5. The van der Waals surface area contributed by atoms with Crippen LogP contribution in [-0.2, 0) is 11.2 Å². The maximum atomic E-state index is 12.7. The Kier molecular flexibility index (Phi) is 7.43. The zero-order valence-electron chi connectivity index (χ0n) is 19.8. The number of hydrogen-bond acceptors (Lipinski definition) is 6. The molecule has 2 bridgehead atoms. The van der Waals surface area contributed by atoms with Gasteiger partial charge in [-0.1, -0.05) is 19.0 Å². The minimum absolute atomic E-state index is 0.181. The zero-order valence-corrected chi connectivity index (χ0v) is 19.8. The number of fused-ring (bicyclic) bond motifs is 2. The Balaban J connectivity index is 1.54. The van der Waals surface area contributed by atoms with Gasteiger partial charge in [0.15, 0.2) is 11.8 Å². The average Bonchev–Trinajstić information content (AvgIpc) is 3.24. The van der Waals surface area contributed by atoms with Crippen LogP contribution in [0.4, 0.5) is 4.79 Å². The second-order valence-electron chi connectivity index (χ2n) is 9.80. The molecular formula is C22H38N6O3. The van der Waals surface area contributed by atoms with E-state index in [9.17, 15) is 4.79 Å². The fraction of sp³-hybridized carbons (Fsp3) is 0.818. The molecule has 0 aromatic carbocycles. The predicted octanol–water partition coefficient (Wildman–Crippen LogP) is 3.22. The highest BCUT2D eigenvalue weighted by Crippen LogP contribution is 2.36. The maximum absolute atomic E-state index is 12.7. The van der Waals surface area contributed by atoms with Gasteiger partial charge in [0.1, 0.15) is 5.60 Å². The van der Waals surface area contributed by atoms with Crippen LogP contribution in [0.2, 0.25) is 0 Å². The van der Waals surface area contributed by atoms with E-state index in [1.807, 2.05) is 39.5 Å². The van der Waals surface area contributed by atoms with Crippen molar-refractivity contribution in [1.82, 2.24) is 25.7 Å². The third kappa shape index (κ3) is 6.33. The Labute approximate surface area is 185 Å². The lowest BCUT2D eigenvalue weighted by Gasteiger charge is -2.40. The molecule has 9 heteroatoms. The van der Waals surface area contributed by atoms with Gasteiger partial charge >= 0.3 is 6.09 Å². The number of carbonyl (C=O) groups is 1. The van der Waals surface area contributed by atoms with Gasteiger partial charge in [0.2, 0.25) is 5.89 Å². The molecule has 0 aliphatic carbocycles. The molecule has 2 N–H and O–H groups in total. The summed E-state index contributed by atoms with van der Waals surface area (Å²) in [6.45, 7) is 13.2. The second-order valence-corrected chi connectivity index (χ2v) is 9.80. The highest BCUT2D eigenvalue weighted by molar-refractivity contribution is 5.80. The number of carbonyl (C=O) groups excluding carboxylic acids is 1. The summed E-state index contributed by atoms with van der Waals surface area (Å²) in [6.07, 6.45) is 4.30. The first-order chi connectivity index (χ1) is 14.7. The molecule has 0 radical (unpaired) electrons. The summed E-state index contributed by atoms with van der Waals surface area (Å²) >= 11 is 0. The summed E-state index contributed by atoms with van der Waals surface area (Å²) < 4.78 is 10.9. The standard InChI is InChI=1S/C22H38N6O3/c1-7-23-20(24-11-10-18-26-19(14(2)3)27-31-18)25-15-12-16-8-9-17(13-15)28(16)21(29)30-22(4,5)6/h14-17H,7-13H2,1-6H3,(H2,23,24,25). The molecule has 2 atom stereocenters. The van der Waals surface area contributed by atoms with Crippen molar-refractivity contribution in [2.24, 2.45) is 4.99 Å². The van der Waals surface area contributed by atoms with Crippen LogP contribution in [0.1, 0.15) is 84.9 Å². The molecule has 0 spiro atoms. The summed E-state index contributed by atoms with van der Waals surface area (Å²) in [4.78, 5) is 23.7. The van der Waals surface area contributed by atoms with E-state index >= 15 is 0 Å². The van der Waals surface area contributed by atoms with Gasteiger partial charge in [0, 0.05) is 37.0 Å². The molecule has 2 saturated heterocycles. The zero-order chi connectivity index (χ0) is 22.6. The van der Waals surface area contributed by atoms with Crippen molar-refractivity contribution >= 4 is 12.1 Å². The van der Waals surface area contributed by atoms with Crippen LogP contribution in [0.15, 0.2) is 9.52 Å². The maximum Gasteiger partial charge on any atom is 0.410 e. The monoisotopic (exact) mass is 434 g/mol. The average molecular weight is 435 g/mol. The van der Waals surface area contributed by atoms with Crippen molar-refractivity contribution in [3.8, 4) is 0 Å². The van der Waals surface area contributed by atoms with Crippen LogP contribution in [0, 0.1) is 0 Å². The molecule has 1 aromatic rings. The number of amides is 1. The first kappa shape index (κ1) is 23.3. The smallest absolute Gasteiger partial charge is 0.410 e. The predicted molar refractivity (Wildman–Crippen MR) is 119 cm³/mol. The summed E-state index contributed by atoms with van der Waals surface area (Å²) in [7, 11) is 0. The topological polar surface area (TPSA) is 105 Å². The van der Waals surface area contributed by atoms with Crippen LogP contribution in [0.3, 0.4) is 0 Å². The highest BCUT2D eigenvalue weighted by Gasteiger charge is 2.45. The van der Waals surface area contributed by atoms with E-state index in [2.05, 4.69) is 27.7 Å². The van der Waals surface area contributed by atoms with Crippen LogP contribution in [0.25, 0.3) is 0 Å². The molecule has 174 valence electrons. The highest BCUT2D eigenvalue weighted by atomic mass is 16.6. The number of nitrogens with zero attached hydrogens (tertiary/aromatic N) is 4. The Hall–Kier alpha value is -2.32. The van der Waals surface area contributed by atoms with Crippen molar-refractivity contribution in [3.05, 3.63) is 11.7 Å². The summed E-state index contributed by atoms with van der Waals surface area (Å²) in [5.74, 6) is 2.39. The second kappa shape index (κ2) is 9.87. The van der Waals surface area contributed by atoms with E-state index in [0.717, 1.165) is 44.0 Å². The number of piperidine rings is 1. The SMILES string of the molecule is CCNC(=NCCc1nc(C(C)C)no1)NC1CC2CCC(C1)N2C(=O)OC(C)(C)C. The number of nitrogens with one attached hydrogen (secondary N) is 2. The Morgan fingerprint density at radius 3 is 2.52 bits per heavy atom. The molecule has 31 heavy (non-hydrogen) atoms. The van der Waals surface area contributed by atoms with Gasteiger partial charge in [0.25, 0.3) is 0 Å². The molecule has 9 nitrogen and oxygen atoms in total. The van der Waals surface area contributed by atoms with Crippen molar-refractivity contribution in [2.45, 2.75) is 103 Å². The van der Waals surface area contributed by atoms with Crippen molar-refractivity contribution in [3.63, 3.8) is 0 Å². The van der Waals surface area contributed by atoms with E-state index in [1.165, 1.54) is 0 Å². The fourth-order valence-electron chi connectivity index (χ4n) is 4.29. The number of aliphatic imine (C=N–C) groups is 1. The lowest BCUT2D eigenvalue weighted by Crippen LogP contribution is -2.55. The fourth-order valence-corrected chi connectivity index (χ4v) is 4.29. The van der Waals surface area contributed by atoms with Gasteiger partial charge in [0.05, 0.1) is 6.54 Å². The van der Waals surface area contributed by atoms with Crippen LogP contribution in [-0.4, -0.2) is 63.9 Å². The molecule has 2 fully saturated rings. The van der Waals surface area contributed by atoms with E-state index in [-0.39, 0.29) is 30.1 Å². The molecule has 2 aliphatic heterocycles. The number of rotatable bonds is 6. The van der Waals surface area contributed by atoms with Gasteiger partial charge < -0.3 is 24.8 Å². The van der Waals surface area contributed by atoms with Gasteiger partial charge in [-0.25, -0.2) is 4.79 Å². The number of aromatic nitrogens is 2. The van der Waals surface area contributed by atoms with Gasteiger partial charge in [-0.15, -0.1) is 0 Å². The largest absolute Gasteiger partial charge is 0.444 e. The van der Waals surface area contributed by atoms with Gasteiger partial charge in [-0.2, -0.15) is 4.98 Å². The first-order valence-corrected chi connectivity index (χ1v) is 11.5. The molecule has 1 amide bonds. The van der Waals surface area contributed by atoms with Crippen LogP contribution in [0.5, 0.6) is 0 Å². The van der Waals surface area contributed by atoms with Gasteiger partial charge in [-0.05, 0) is 53.4 Å². The normalized spacial score (nSPS) is 23.9. The van der Waals surface area contributed by atoms with E-state index < -0.39 is 5.60 Å². The Morgan fingerprint density at radius 1 is 1.29 bits per heavy atom. The number of ether oxygens (including phenoxy) is 1. The Bertz CT molecular complexity index is 756. The van der Waals surface area contributed by atoms with E-state index in [1.54, 1.807) is 0 Å². The van der Waals surface area contributed by atoms with Crippen molar-refractivity contribution in [1.29, 1.82) is 0 Å². The molecule has 1 aromatic heterocycles. The van der Waals surface area contributed by atoms with Crippen molar-refractivity contribution in [2.75, 3.05) is 13.1 Å². The molecule has 2 unspecified atom stereocenters. The van der Waals surface area contributed by atoms with E-state index in [4.69, 9.17) is 14.3 Å². The number of guanidine groups is 1. The van der Waals surface area contributed by atoms with Crippen molar-refractivity contribution < 1.29 is 14.1 Å². The lowest BCUT2D eigenvalue weighted by atomic mass is 9.98. The third-order valence-electron chi connectivity index (χ3n) is 5.62. The van der Waals surface area contributed by atoms with Crippen LogP contribution >= 0.6 is 0 Å². The minimum atomic E-state index is -0.467. The summed E-state index contributed by atoms with van der Waals surface area (Å²) in [5.41, 5.74) is -0.467. The van der Waals surface area contributed by atoms with E-state index in [0.29, 0.717) is 18.9 Å². The Morgan fingerprint density at radius 2 is 1.97 bits per heavy atom. The van der Waals surface area contributed by atoms with Gasteiger partial charge in [-0.3, -0.25) is 4.99 Å². The lowest BCUT2D eigenvalue weighted by molar-refractivity contribution is 0.00545. The molecule has 3 heterocycles. The van der Waals surface area contributed by atoms with Crippen LogP contribution < -0.4 is 10.6 Å². The minimum Gasteiger partial charge on any atom is -0.444 e. The molecular weight excluding hydrogens is 396 g/mol. The number of hydrogen-bond donors (Lipinski definition) is 2. The summed E-state index contributed by atoms with van der Waals surface area (Å²) in [6, 6.07) is 0.730. The molecule has 0 saturated carbocycles. The molecule has 3 rings (SSSR count). The quantitative estimate of drug-likeness (QED) is 0.523. The molecule has 2 aliphatic rings. The summed E-state index contributed by atoms with van der Waals surface area (Å²) in [5, 5.41) is 10.9.